The van der Waals surface area contributed by atoms with E-state index < -0.39 is 0 Å². The zero-order chi connectivity index (χ0) is 17.6. The highest BCUT2D eigenvalue weighted by Crippen LogP contribution is 2.33. The van der Waals surface area contributed by atoms with Crippen LogP contribution < -0.4 is 10.6 Å². The van der Waals surface area contributed by atoms with Crippen molar-refractivity contribution in [3.63, 3.8) is 0 Å². The molecule has 0 radical (unpaired) electrons. The number of aromatic nitrogens is 2. The average Bonchev–Trinajstić information content (AvgIpc) is 2.92. The summed E-state index contributed by atoms with van der Waals surface area (Å²) in [6.45, 7) is 7.75. The first-order valence-corrected chi connectivity index (χ1v) is 9.22. The Morgan fingerprint density at radius 1 is 1.32 bits per heavy atom. The molecule has 25 heavy (non-hydrogen) atoms. The van der Waals surface area contributed by atoms with Crippen LogP contribution in [0.25, 0.3) is 10.2 Å². The van der Waals surface area contributed by atoms with Crippen LogP contribution in [0.1, 0.15) is 37.6 Å². The Labute approximate surface area is 150 Å². The van der Waals surface area contributed by atoms with Crippen LogP contribution in [0.5, 0.6) is 0 Å². The topological polar surface area (TPSA) is 66.9 Å². The van der Waals surface area contributed by atoms with Gasteiger partial charge in [-0.25, -0.2) is 9.97 Å². The summed E-state index contributed by atoms with van der Waals surface area (Å²) in [5, 5.41) is 7.45. The van der Waals surface area contributed by atoms with Gasteiger partial charge in [0.05, 0.1) is 4.88 Å². The molecule has 0 bridgehead atoms. The lowest BCUT2D eigenvalue weighted by Gasteiger charge is -2.19. The molecule has 6 heteroatoms. The molecular weight excluding hydrogens is 332 g/mol. The van der Waals surface area contributed by atoms with Crippen molar-refractivity contribution < 1.29 is 4.79 Å². The zero-order valence-electron chi connectivity index (χ0n) is 14.6. The van der Waals surface area contributed by atoms with Gasteiger partial charge in [0, 0.05) is 29.4 Å². The summed E-state index contributed by atoms with van der Waals surface area (Å²) in [5.74, 6) is 0.552. The molecule has 5 nitrogen and oxygen atoms in total. The van der Waals surface area contributed by atoms with E-state index >= 15 is 0 Å². The standard InChI is InChI=1S/C19H20N4OS/c1-10-8-11(2)22-19-15(10)12(3)16(25-19)18(24)23-17-14-9-20-6-4-13(14)5-7-21-17/h5,7-8,20H,4,6,9H2,1-3H3,(H,21,23,24). The lowest BCUT2D eigenvalue weighted by molar-refractivity contribution is 0.102. The van der Waals surface area contributed by atoms with Gasteiger partial charge >= 0.3 is 0 Å². The molecule has 3 aromatic rings. The van der Waals surface area contributed by atoms with Gasteiger partial charge in [-0.15, -0.1) is 11.3 Å². The molecule has 0 aromatic carbocycles. The fraction of sp³-hybridized carbons (Fsp3) is 0.316. The summed E-state index contributed by atoms with van der Waals surface area (Å²) in [6, 6.07) is 4.09. The number of hydrogen-bond donors (Lipinski definition) is 2. The summed E-state index contributed by atoms with van der Waals surface area (Å²) in [7, 11) is 0. The molecule has 128 valence electrons. The van der Waals surface area contributed by atoms with Crippen LogP contribution in [0.4, 0.5) is 5.82 Å². The maximum Gasteiger partial charge on any atom is 0.267 e. The van der Waals surface area contributed by atoms with E-state index in [0.717, 1.165) is 52.1 Å². The van der Waals surface area contributed by atoms with Crippen molar-refractivity contribution in [1.29, 1.82) is 0 Å². The number of nitrogens with zero attached hydrogens (tertiary/aromatic N) is 2. The number of carbonyl (C=O) groups is 1. The molecule has 1 amide bonds. The van der Waals surface area contributed by atoms with Crippen LogP contribution in [0.2, 0.25) is 0 Å². The van der Waals surface area contributed by atoms with Crippen LogP contribution >= 0.6 is 11.3 Å². The molecule has 1 aliphatic rings. The third-order valence-electron chi connectivity index (χ3n) is 4.69. The minimum Gasteiger partial charge on any atom is -0.312 e. The number of amides is 1. The van der Waals surface area contributed by atoms with E-state index in [1.54, 1.807) is 6.20 Å². The van der Waals surface area contributed by atoms with Gasteiger partial charge in [-0.1, -0.05) is 0 Å². The Kier molecular flexibility index (Phi) is 4.01. The molecule has 0 spiro atoms. The molecule has 0 aliphatic carbocycles. The normalized spacial score (nSPS) is 13.7. The number of aryl methyl sites for hydroxylation is 3. The summed E-state index contributed by atoms with van der Waals surface area (Å²) >= 11 is 1.45. The summed E-state index contributed by atoms with van der Waals surface area (Å²) < 4.78 is 0. The fourth-order valence-electron chi connectivity index (χ4n) is 3.51. The van der Waals surface area contributed by atoms with E-state index in [1.807, 2.05) is 19.9 Å². The summed E-state index contributed by atoms with van der Waals surface area (Å²) in [5.41, 5.74) is 5.47. The molecule has 4 heterocycles. The van der Waals surface area contributed by atoms with Crippen molar-refractivity contribution in [3.8, 4) is 0 Å². The Morgan fingerprint density at radius 3 is 3.00 bits per heavy atom. The monoisotopic (exact) mass is 352 g/mol. The number of fused-ring (bicyclic) bond motifs is 2. The van der Waals surface area contributed by atoms with Gasteiger partial charge in [-0.05, 0) is 62.6 Å². The third-order valence-corrected chi connectivity index (χ3v) is 5.87. The first-order valence-electron chi connectivity index (χ1n) is 8.40. The van der Waals surface area contributed by atoms with Crippen molar-refractivity contribution in [2.75, 3.05) is 11.9 Å². The van der Waals surface area contributed by atoms with Gasteiger partial charge < -0.3 is 10.6 Å². The first-order chi connectivity index (χ1) is 12.0. The van der Waals surface area contributed by atoms with Crippen molar-refractivity contribution in [2.45, 2.75) is 33.7 Å². The molecule has 2 N–H and O–H groups in total. The maximum absolute atomic E-state index is 12.9. The molecule has 0 saturated heterocycles. The van der Waals surface area contributed by atoms with Crippen LogP contribution in [0.15, 0.2) is 18.3 Å². The Hall–Kier alpha value is -2.31. The van der Waals surface area contributed by atoms with Crippen LogP contribution in [0, 0.1) is 20.8 Å². The van der Waals surface area contributed by atoms with Crippen LogP contribution in [0.3, 0.4) is 0 Å². The molecule has 0 fully saturated rings. The maximum atomic E-state index is 12.9. The fourth-order valence-corrected chi connectivity index (χ4v) is 4.71. The second-order valence-electron chi connectivity index (χ2n) is 6.50. The van der Waals surface area contributed by atoms with E-state index in [0.29, 0.717) is 10.7 Å². The highest BCUT2D eigenvalue weighted by atomic mass is 32.1. The van der Waals surface area contributed by atoms with Gasteiger partial charge in [0.25, 0.3) is 5.91 Å². The molecule has 3 aromatic heterocycles. The van der Waals surface area contributed by atoms with Crippen LogP contribution in [-0.2, 0) is 13.0 Å². The van der Waals surface area contributed by atoms with Crippen molar-refractivity contribution >= 4 is 33.3 Å². The summed E-state index contributed by atoms with van der Waals surface area (Å²) in [4.78, 5) is 23.5. The molecule has 0 atom stereocenters. The second kappa shape index (κ2) is 6.20. The smallest absolute Gasteiger partial charge is 0.267 e. The van der Waals surface area contributed by atoms with Crippen molar-refractivity contribution in [1.82, 2.24) is 15.3 Å². The van der Waals surface area contributed by atoms with E-state index in [9.17, 15) is 4.79 Å². The van der Waals surface area contributed by atoms with Crippen molar-refractivity contribution in [3.05, 3.63) is 51.2 Å². The highest BCUT2D eigenvalue weighted by molar-refractivity contribution is 7.20. The van der Waals surface area contributed by atoms with Gasteiger partial charge in [-0.2, -0.15) is 0 Å². The zero-order valence-corrected chi connectivity index (χ0v) is 15.4. The largest absolute Gasteiger partial charge is 0.312 e. The minimum absolute atomic E-state index is 0.107. The predicted molar refractivity (Wildman–Crippen MR) is 101 cm³/mol. The third kappa shape index (κ3) is 2.81. The average molecular weight is 352 g/mol. The van der Waals surface area contributed by atoms with E-state index in [2.05, 4.69) is 33.6 Å². The molecule has 0 unspecified atom stereocenters. The van der Waals surface area contributed by atoms with Gasteiger partial charge in [-0.3, -0.25) is 4.79 Å². The number of hydrogen-bond acceptors (Lipinski definition) is 5. The van der Waals surface area contributed by atoms with E-state index in [4.69, 9.17) is 0 Å². The number of carbonyl (C=O) groups excluding carboxylic acids is 1. The number of rotatable bonds is 2. The number of anilines is 1. The van der Waals surface area contributed by atoms with E-state index in [1.165, 1.54) is 16.9 Å². The quantitative estimate of drug-likeness (QED) is 0.741. The van der Waals surface area contributed by atoms with Gasteiger partial charge in [0.2, 0.25) is 0 Å². The number of nitrogens with one attached hydrogen (secondary N) is 2. The van der Waals surface area contributed by atoms with Gasteiger partial charge in [0.1, 0.15) is 10.6 Å². The Bertz CT molecular complexity index is 993. The Balaban J connectivity index is 1.72. The number of thiophene rings is 1. The van der Waals surface area contributed by atoms with Gasteiger partial charge in [0.15, 0.2) is 0 Å². The van der Waals surface area contributed by atoms with E-state index in [-0.39, 0.29) is 5.91 Å². The predicted octanol–water partition coefficient (Wildman–Crippen LogP) is 3.51. The molecule has 4 rings (SSSR count). The number of pyridine rings is 2. The molecule has 0 saturated carbocycles. The first kappa shape index (κ1) is 16.2. The summed E-state index contributed by atoms with van der Waals surface area (Å²) in [6.07, 6.45) is 2.73. The van der Waals surface area contributed by atoms with Crippen LogP contribution in [-0.4, -0.2) is 22.4 Å². The van der Waals surface area contributed by atoms with Crippen molar-refractivity contribution in [2.24, 2.45) is 0 Å². The molecular formula is C19H20N4OS. The molecule has 1 aliphatic heterocycles. The second-order valence-corrected chi connectivity index (χ2v) is 7.49. The lowest BCUT2D eigenvalue weighted by Crippen LogP contribution is -2.26. The highest BCUT2D eigenvalue weighted by Gasteiger charge is 2.21. The Morgan fingerprint density at radius 2 is 2.16 bits per heavy atom. The SMILES string of the molecule is Cc1cc(C)c2c(C)c(C(=O)Nc3nccc4c3CNCC4)sc2n1. The minimum atomic E-state index is -0.107. The lowest BCUT2D eigenvalue weighted by atomic mass is 10.0.